The van der Waals surface area contributed by atoms with E-state index < -0.39 is 21.8 Å². The van der Waals surface area contributed by atoms with Gasteiger partial charge in [-0.05, 0) is 118 Å². The topological polar surface area (TPSA) is 58.9 Å². The van der Waals surface area contributed by atoms with Crippen molar-refractivity contribution < 1.29 is 48.8 Å². The molecule has 0 bridgehead atoms. The van der Waals surface area contributed by atoms with Crippen LogP contribution >= 0.6 is 15.8 Å². The molecule has 0 saturated carbocycles. The molecule has 59 heavy (non-hydrogen) atoms. The van der Waals surface area contributed by atoms with Crippen molar-refractivity contribution in [2.45, 2.75) is 84.1 Å². The monoisotopic (exact) mass is 907 g/mol. The largest absolute Gasteiger partial charge is 0.481 e. The van der Waals surface area contributed by atoms with E-state index >= 15 is 0 Å². The van der Waals surface area contributed by atoms with Gasteiger partial charge in [-0.2, -0.15) is 0 Å². The van der Waals surface area contributed by atoms with Gasteiger partial charge in [0.1, 0.15) is 6.61 Å². The molecule has 3 atom stereocenters. The van der Waals surface area contributed by atoms with Crippen LogP contribution in [0.15, 0.2) is 173 Å². The van der Waals surface area contributed by atoms with Gasteiger partial charge >= 0.3 is 5.97 Å². The molecular weight excluding hydrogens is 848 g/mol. The Morgan fingerprint density at radius 1 is 0.593 bits per heavy atom. The number of hydrogen-bond donors (Lipinski definition) is 1. The van der Waals surface area contributed by atoms with Crippen LogP contribution in [0.3, 0.4) is 0 Å². The van der Waals surface area contributed by atoms with Crippen LogP contribution in [-0.4, -0.2) is 29.6 Å². The van der Waals surface area contributed by atoms with Gasteiger partial charge in [0.2, 0.25) is 0 Å². The van der Waals surface area contributed by atoms with Crippen molar-refractivity contribution in [3.05, 3.63) is 168 Å². The maximum Gasteiger partial charge on any atom is 0.311 e. The predicted octanol–water partition coefficient (Wildman–Crippen LogP) is 11.8. The Balaban J connectivity index is 0.000000207. The Bertz CT molecular complexity index is 1880. The summed E-state index contributed by atoms with van der Waals surface area (Å²) in [6.07, 6.45) is 25.4. The molecule has 0 fully saturated rings. The van der Waals surface area contributed by atoms with Gasteiger partial charge in [-0.15, -0.1) is 0 Å². The number of nitrogens with zero attached hydrogens (tertiary/aromatic N) is 1. The van der Waals surface area contributed by atoms with Crippen molar-refractivity contribution >= 4 is 48.9 Å². The third kappa shape index (κ3) is 14.1. The van der Waals surface area contributed by atoms with Crippen LogP contribution in [-0.2, 0) is 43.7 Å². The van der Waals surface area contributed by atoms with Crippen LogP contribution in [0.1, 0.15) is 78.1 Å². The molecule has 4 nitrogen and oxygen atoms in total. The van der Waals surface area contributed by atoms with Crippen LogP contribution < -0.4 is 21.2 Å². The van der Waals surface area contributed by atoms with Crippen LogP contribution in [0.2, 0.25) is 0 Å². The number of rotatable bonds is 9. The first-order chi connectivity index (χ1) is 28.0. The third-order valence-electron chi connectivity index (χ3n) is 10.8. The Morgan fingerprint density at radius 2 is 0.983 bits per heavy atom. The normalized spacial score (nSPS) is 19.7. The summed E-state index contributed by atoms with van der Waals surface area (Å²) < 4.78 is 6.08. The van der Waals surface area contributed by atoms with Crippen molar-refractivity contribution in [1.82, 2.24) is 0 Å². The molecule has 4 aromatic rings. The second kappa shape index (κ2) is 26.1. The summed E-state index contributed by atoms with van der Waals surface area (Å²) in [5.74, 6) is 0.817. The molecule has 0 unspecified atom stereocenters. The molecule has 0 spiro atoms. The van der Waals surface area contributed by atoms with Crippen molar-refractivity contribution in [3.63, 3.8) is 0 Å². The maximum atomic E-state index is 11.5. The summed E-state index contributed by atoms with van der Waals surface area (Å²) in [6.45, 7) is 5.20. The van der Waals surface area contributed by atoms with E-state index in [1.165, 1.54) is 65.1 Å². The standard InChI is InChI=1S/C23H26NOP.C18H17O2P.2C5H8.2Fe/c1-17(2)21-16-25-23(24-21)20-14-9-15-22(20)26(18-10-5-3-6-11-18)19-12-7-4-8-13-19;19-18(20)16-12-7-13-17(16)21(14-8-3-1-4-9-14)15-10-5-2-6-11-15;2*1-2-4-5-3-1;;/h3-8,10-13,15,17,20-21H,9,14,16H2,1-2H3;1-6,8-11,13,16H,7,12H2,(H,19,20);2*1-2H,3-5H2;;/t20-,21-;16-;;;;/m11..../s1. The molecule has 0 aromatic heterocycles. The fourth-order valence-corrected chi connectivity index (χ4v) is 13.1. The summed E-state index contributed by atoms with van der Waals surface area (Å²) in [5.41, 5.74) is 0. The zero-order valence-corrected chi connectivity index (χ0v) is 38.4. The molecule has 1 heterocycles. The van der Waals surface area contributed by atoms with Crippen molar-refractivity contribution in [1.29, 1.82) is 0 Å². The number of allylic oxidation sites excluding steroid dienone is 6. The first kappa shape index (κ1) is 48.3. The quantitative estimate of drug-likeness (QED) is 0.103. The van der Waals surface area contributed by atoms with Crippen LogP contribution in [0.4, 0.5) is 0 Å². The molecule has 0 amide bonds. The molecule has 4 aromatic carbocycles. The van der Waals surface area contributed by atoms with E-state index in [1.54, 1.807) is 0 Å². The van der Waals surface area contributed by atoms with Gasteiger partial charge < -0.3 is 9.84 Å². The van der Waals surface area contributed by atoms with Gasteiger partial charge in [0.25, 0.3) is 0 Å². The molecule has 312 valence electrons. The molecule has 0 saturated heterocycles. The first-order valence-electron chi connectivity index (χ1n) is 20.9. The van der Waals surface area contributed by atoms with E-state index in [4.69, 9.17) is 9.73 Å². The van der Waals surface area contributed by atoms with Gasteiger partial charge in [0.15, 0.2) is 5.90 Å². The number of carboxylic acid groups (broad SMARTS) is 1. The zero-order valence-electron chi connectivity index (χ0n) is 34.4. The third-order valence-corrected chi connectivity index (χ3v) is 16.1. The van der Waals surface area contributed by atoms with E-state index in [1.807, 2.05) is 36.4 Å². The number of carboxylic acids is 1. The van der Waals surface area contributed by atoms with Crippen LogP contribution in [0.25, 0.3) is 0 Å². The zero-order chi connectivity index (χ0) is 39.7. The Morgan fingerprint density at radius 3 is 1.34 bits per heavy atom. The number of aliphatic imine (C=N–C) groups is 1. The number of benzene rings is 4. The molecule has 1 aliphatic heterocycles. The van der Waals surface area contributed by atoms with Gasteiger partial charge in [-0.3, -0.25) is 4.79 Å². The molecule has 0 radical (unpaired) electrons. The molecule has 4 aliphatic carbocycles. The number of hydrogen-bond acceptors (Lipinski definition) is 3. The molecule has 5 aliphatic rings. The van der Waals surface area contributed by atoms with E-state index in [9.17, 15) is 9.90 Å². The van der Waals surface area contributed by atoms with E-state index in [0.717, 1.165) is 43.5 Å². The van der Waals surface area contributed by atoms with Crippen molar-refractivity contribution in [3.8, 4) is 0 Å². The van der Waals surface area contributed by atoms with E-state index in [-0.39, 0.29) is 40.1 Å². The second-order valence-electron chi connectivity index (χ2n) is 15.3. The second-order valence-corrected chi connectivity index (χ2v) is 19.7. The predicted molar refractivity (Wildman–Crippen MR) is 245 cm³/mol. The summed E-state index contributed by atoms with van der Waals surface area (Å²) in [7, 11) is -1.28. The van der Waals surface area contributed by atoms with Crippen LogP contribution in [0.5, 0.6) is 0 Å². The summed E-state index contributed by atoms with van der Waals surface area (Å²) in [5, 5.41) is 17.4. The number of ether oxygens (including phenoxy) is 1. The molecular formula is C51H59Fe2NO3P2. The SMILES string of the molecule is C1=CCCC1.C1=CCCC1.CC(C)[C@H]1COC([C@@H]2CCC=C2P(c2ccccc2)c2ccccc2)=N1.O=C(O)[C@@H]1CCC=C1P(c1ccccc1)c1ccccc1.[Fe].[Fe]. The van der Waals surface area contributed by atoms with Gasteiger partial charge in [0, 0.05) is 34.1 Å². The fraction of sp³-hybridized carbons (Fsp3) is 0.333. The molecule has 1 N–H and O–H groups in total. The fourth-order valence-electron chi connectivity index (χ4n) is 7.69. The van der Waals surface area contributed by atoms with E-state index in [0.29, 0.717) is 17.9 Å². The van der Waals surface area contributed by atoms with Gasteiger partial charge in [-0.25, -0.2) is 4.99 Å². The number of carbonyl (C=O) groups is 1. The smallest absolute Gasteiger partial charge is 0.311 e. The van der Waals surface area contributed by atoms with Gasteiger partial charge in [-0.1, -0.05) is 172 Å². The minimum absolute atomic E-state index is 0. The van der Waals surface area contributed by atoms with E-state index in [2.05, 4.69) is 135 Å². The average molecular weight is 908 g/mol. The minimum Gasteiger partial charge on any atom is -0.481 e. The first-order valence-corrected chi connectivity index (χ1v) is 23.6. The maximum absolute atomic E-state index is 11.5. The average Bonchev–Trinajstić information content (AvgIpc) is 4.11. The van der Waals surface area contributed by atoms with Crippen LogP contribution in [0, 0.1) is 17.8 Å². The Hall–Kier alpha value is -3.32. The Kier molecular flexibility index (Phi) is 21.4. The molecule has 9 rings (SSSR count). The number of aliphatic carboxylic acids is 1. The van der Waals surface area contributed by atoms with Gasteiger partial charge in [0.05, 0.1) is 17.9 Å². The summed E-state index contributed by atoms with van der Waals surface area (Å²) in [4.78, 5) is 16.5. The Labute approximate surface area is 377 Å². The summed E-state index contributed by atoms with van der Waals surface area (Å²) >= 11 is 0. The molecule has 8 heteroatoms. The summed E-state index contributed by atoms with van der Waals surface area (Å²) in [6, 6.07) is 42.7. The van der Waals surface area contributed by atoms with Crippen molar-refractivity contribution in [2.75, 3.05) is 6.61 Å². The minimum atomic E-state index is -0.743. The van der Waals surface area contributed by atoms with Crippen molar-refractivity contribution in [2.24, 2.45) is 22.7 Å².